The summed E-state index contributed by atoms with van der Waals surface area (Å²) in [5.41, 5.74) is 5.92. The molecule has 0 spiro atoms. The Labute approximate surface area is 162 Å². The minimum Gasteiger partial charge on any atom is -0.330 e. The van der Waals surface area contributed by atoms with Crippen LogP contribution in [0.2, 0.25) is 0 Å². The Kier molecular flexibility index (Phi) is 8.98. The van der Waals surface area contributed by atoms with Gasteiger partial charge in [-0.2, -0.15) is 4.31 Å². The third-order valence-corrected chi connectivity index (χ3v) is 7.82. The maximum absolute atomic E-state index is 12.8. The van der Waals surface area contributed by atoms with Gasteiger partial charge in [0.1, 0.15) is 0 Å². The zero-order valence-electron chi connectivity index (χ0n) is 15.0. The van der Waals surface area contributed by atoms with Crippen molar-refractivity contribution in [3.8, 4) is 0 Å². The minimum absolute atomic E-state index is 0. The number of hydrogen-bond donors (Lipinski definition) is 2. The van der Waals surface area contributed by atoms with Crippen molar-refractivity contribution in [3.05, 3.63) is 23.8 Å². The lowest BCUT2D eigenvalue weighted by molar-refractivity contribution is 0.346. The molecule has 0 unspecified atom stereocenters. The van der Waals surface area contributed by atoms with Crippen molar-refractivity contribution < 1.29 is 16.8 Å². The molecular formula is C16H28ClN3O4S2. The molecule has 0 atom stereocenters. The maximum atomic E-state index is 12.8. The van der Waals surface area contributed by atoms with Crippen molar-refractivity contribution in [1.29, 1.82) is 0 Å². The number of nitrogens with one attached hydrogen (secondary N) is 1. The smallest absolute Gasteiger partial charge is 0.243 e. The summed E-state index contributed by atoms with van der Waals surface area (Å²) in [6.07, 6.45) is 4.05. The molecule has 1 heterocycles. The molecule has 1 aromatic rings. The Hall–Kier alpha value is -0.710. The molecule has 26 heavy (non-hydrogen) atoms. The van der Waals surface area contributed by atoms with Crippen molar-refractivity contribution in [2.75, 3.05) is 26.2 Å². The third-order valence-electron chi connectivity index (χ3n) is 4.32. The van der Waals surface area contributed by atoms with Crippen molar-refractivity contribution in [2.45, 2.75) is 48.8 Å². The van der Waals surface area contributed by atoms with Crippen LogP contribution in [0.15, 0.2) is 28.0 Å². The van der Waals surface area contributed by atoms with E-state index in [-0.39, 0.29) is 28.7 Å². The first-order valence-electron chi connectivity index (χ1n) is 8.59. The standard InChI is InChI=1S/C16H27N3O4S2.ClH/c1-14-7-8-15(25(22,23)19-11-5-2-6-12-19)13-16(14)24(20,21)18-10-4-3-9-17;/h7-8,13,18H,2-6,9-12,17H2,1H3;1H. The summed E-state index contributed by atoms with van der Waals surface area (Å²) < 4.78 is 54.5. The predicted molar refractivity (Wildman–Crippen MR) is 105 cm³/mol. The minimum atomic E-state index is -3.76. The van der Waals surface area contributed by atoms with E-state index in [2.05, 4.69) is 4.72 Å². The van der Waals surface area contributed by atoms with E-state index in [1.807, 2.05) is 0 Å². The maximum Gasteiger partial charge on any atom is 0.243 e. The largest absolute Gasteiger partial charge is 0.330 e. The van der Waals surface area contributed by atoms with Gasteiger partial charge in [0.05, 0.1) is 9.79 Å². The predicted octanol–water partition coefficient (Wildman–Crippen LogP) is 1.61. The van der Waals surface area contributed by atoms with Gasteiger partial charge in [0.15, 0.2) is 0 Å². The molecule has 0 radical (unpaired) electrons. The highest BCUT2D eigenvalue weighted by molar-refractivity contribution is 7.90. The second kappa shape index (κ2) is 10.0. The Morgan fingerprint density at radius 3 is 2.35 bits per heavy atom. The van der Waals surface area contributed by atoms with E-state index in [9.17, 15) is 16.8 Å². The Morgan fingerprint density at radius 2 is 1.73 bits per heavy atom. The summed E-state index contributed by atoms with van der Waals surface area (Å²) in [5, 5.41) is 0. The van der Waals surface area contributed by atoms with E-state index >= 15 is 0 Å². The summed E-state index contributed by atoms with van der Waals surface area (Å²) in [5.74, 6) is 0. The van der Waals surface area contributed by atoms with Crippen LogP contribution in [0.4, 0.5) is 0 Å². The average Bonchev–Trinajstić information content (AvgIpc) is 2.59. The molecule has 3 N–H and O–H groups in total. The average molecular weight is 426 g/mol. The fraction of sp³-hybridized carbons (Fsp3) is 0.625. The van der Waals surface area contributed by atoms with Crippen LogP contribution in [-0.2, 0) is 20.0 Å². The van der Waals surface area contributed by atoms with Crippen molar-refractivity contribution in [3.63, 3.8) is 0 Å². The molecule has 0 aliphatic carbocycles. The molecule has 0 aromatic heterocycles. The fourth-order valence-corrected chi connectivity index (χ4v) is 5.80. The molecular weight excluding hydrogens is 398 g/mol. The lowest BCUT2D eigenvalue weighted by atomic mass is 10.2. The summed E-state index contributed by atoms with van der Waals surface area (Å²) in [7, 11) is -7.42. The number of halogens is 1. The van der Waals surface area contributed by atoms with E-state index in [1.165, 1.54) is 16.4 Å². The van der Waals surface area contributed by atoms with Crippen LogP contribution in [0.1, 0.15) is 37.7 Å². The molecule has 1 fully saturated rings. The van der Waals surface area contributed by atoms with Crippen LogP contribution in [0.3, 0.4) is 0 Å². The number of hydrogen-bond acceptors (Lipinski definition) is 5. The summed E-state index contributed by atoms with van der Waals surface area (Å²) >= 11 is 0. The first kappa shape index (κ1) is 23.3. The second-order valence-electron chi connectivity index (χ2n) is 6.29. The van der Waals surface area contributed by atoms with Gasteiger partial charge in [-0.15, -0.1) is 12.4 Å². The van der Waals surface area contributed by atoms with Gasteiger partial charge in [-0.1, -0.05) is 12.5 Å². The number of nitrogens with two attached hydrogens (primary N) is 1. The van der Waals surface area contributed by atoms with Crippen LogP contribution < -0.4 is 10.5 Å². The second-order valence-corrected chi connectivity index (χ2v) is 9.96. The monoisotopic (exact) mass is 425 g/mol. The van der Waals surface area contributed by atoms with Gasteiger partial charge >= 0.3 is 0 Å². The molecule has 1 aliphatic heterocycles. The van der Waals surface area contributed by atoms with Gasteiger partial charge in [-0.3, -0.25) is 0 Å². The van der Waals surface area contributed by atoms with Gasteiger partial charge in [0.2, 0.25) is 20.0 Å². The highest BCUT2D eigenvalue weighted by Gasteiger charge is 2.28. The van der Waals surface area contributed by atoms with Crippen LogP contribution >= 0.6 is 12.4 Å². The van der Waals surface area contributed by atoms with E-state index in [0.717, 1.165) is 25.7 Å². The Bertz CT molecular complexity index is 792. The highest BCUT2D eigenvalue weighted by Crippen LogP contribution is 2.24. The number of unbranched alkanes of at least 4 members (excludes halogenated alkanes) is 1. The summed E-state index contributed by atoms with van der Waals surface area (Å²) in [4.78, 5) is 0.0423. The number of benzene rings is 1. The number of nitrogens with zero attached hydrogens (tertiary/aromatic N) is 1. The topological polar surface area (TPSA) is 110 Å². The van der Waals surface area contributed by atoms with E-state index in [0.29, 0.717) is 31.6 Å². The highest BCUT2D eigenvalue weighted by atomic mass is 35.5. The van der Waals surface area contributed by atoms with Gasteiger partial charge in [-0.05, 0) is 56.8 Å². The number of piperidine rings is 1. The van der Waals surface area contributed by atoms with Crippen molar-refractivity contribution >= 4 is 32.5 Å². The molecule has 150 valence electrons. The molecule has 1 aliphatic rings. The van der Waals surface area contributed by atoms with Crippen LogP contribution in [0.5, 0.6) is 0 Å². The van der Waals surface area contributed by atoms with E-state index in [1.54, 1.807) is 13.0 Å². The molecule has 0 bridgehead atoms. The lowest BCUT2D eigenvalue weighted by Crippen LogP contribution is -2.35. The third kappa shape index (κ3) is 5.64. The van der Waals surface area contributed by atoms with Crippen LogP contribution in [-0.4, -0.2) is 47.3 Å². The Balaban J connectivity index is 0.00000338. The first-order chi connectivity index (χ1) is 11.8. The zero-order chi connectivity index (χ0) is 18.5. The molecule has 10 heteroatoms. The van der Waals surface area contributed by atoms with Gasteiger partial charge in [0.25, 0.3) is 0 Å². The van der Waals surface area contributed by atoms with Gasteiger partial charge < -0.3 is 5.73 Å². The number of aryl methyl sites for hydroxylation is 1. The molecule has 7 nitrogen and oxygen atoms in total. The quantitative estimate of drug-likeness (QED) is 0.615. The van der Waals surface area contributed by atoms with Gasteiger partial charge in [0, 0.05) is 19.6 Å². The fourth-order valence-electron chi connectivity index (χ4n) is 2.84. The first-order valence-corrected chi connectivity index (χ1v) is 11.5. The SMILES string of the molecule is Cc1ccc(S(=O)(=O)N2CCCCC2)cc1S(=O)(=O)NCCCCN.Cl. The zero-order valence-corrected chi connectivity index (χ0v) is 17.4. The molecule has 1 saturated heterocycles. The normalized spacial score (nSPS) is 16.2. The molecule has 0 saturated carbocycles. The molecule has 2 rings (SSSR count). The lowest BCUT2D eigenvalue weighted by Gasteiger charge is -2.26. The van der Waals surface area contributed by atoms with Crippen molar-refractivity contribution in [1.82, 2.24) is 9.03 Å². The number of rotatable bonds is 8. The van der Waals surface area contributed by atoms with E-state index in [4.69, 9.17) is 5.73 Å². The van der Waals surface area contributed by atoms with E-state index < -0.39 is 20.0 Å². The van der Waals surface area contributed by atoms with Crippen molar-refractivity contribution in [2.24, 2.45) is 5.73 Å². The Morgan fingerprint density at radius 1 is 1.08 bits per heavy atom. The van der Waals surface area contributed by atoms with Crippen LogP contribution in [0.25, 0.3) is 0 Å². The number of sulfonamides is 2. The summed E-state index contributed by atoms with van der Waals surface area (Å²) in [6.45, 7) is 3.41. The van der Waals surface area contributed by atoms with Gasteiger partial charge in [-0.25, -0.2) is 21.6 Å². The summed E-state index contributed by atoms with van der Waals surface area (Å²) in [6, 6.07) is 4.29. The molecule has 1 aromatic carbocycles. The van der Waals surface area contributed by atoms with Crippen LogP contribution in [0, 0.1) is 6.92 Å². The molecule has 0 amide bonds.